The van der Waals surface area contributed by atoms with Crippen molar-refractivity contribution in [1.82, 2.24) is 4.98 Å². The summed E-state index contributed by atoms with van der Waals surface area (Å²) in [6.07, 6.45) is 2.62. The van der Waals surface area contributed by atoms with Crippen LogP contribution in [0.1, 0.15) is 29.9 Å². The fraction of sp³-hybridized carbons (Fsp3) is 0.294. The third-order valence-corrected chi connectivity index (χ3v) is 2.94. The summed E-state index contributed by atoms with van der Waals surface area (Å²) in [5.74, 6) is 1.19. The molecule has 0 fully saturated rings. The number of hydrogen-bond donors (Lipinski definition) is 0. The topological polar surface area (TPSA) is 39.2 Å². The van der Waals surface area contributed by atoms with Crippen molar-refractivity contribution in [2.24, 2.45) is 5.92 Å². The summed E-state index contributed by atoms with van der Waals surface area (Å²) in [6.45, 7) is 6.76. The fourth-order valence-corrected chi connectivity index (χ4v) is 1.97. The largest absolute Gasteiger partial charge is 0.493 e. The van der Waals surface area contributed by atoms with Crippen molar-refractivity contribution in [3.63, 3.8) is 0 Å². The number of aryl methyl sites for hydroxylation is 1. The van der Waals surface area contributed by atoms with Gasteiger partial charge in [-0.2, -0.15) is 0 Å². The van der Waals surface area contributed by atoms with Crippen LogP contribution in [-0.4, -0.2) is 17.9 Å². The number of aromatic nitrogens is 1. The maximum absolute atomic E-state index is 11.3. The number of aldehydes is 1. The summed E-state index contributed by atoms with van der Waals surface area (Å²) in [5.41, 5.74) is 3.47. The number of ether oxygens (including phenoxy) is 1. The van der Waals surface area contributed by atoms with E-state index in [1.807, 2.05) is 31.2 Å². The molecule has 1 aromatic carbocycles. The molecule has 20 heavy (non-hydrogen) atoms. The van der Waals surface area contributed by atoms with E-state index in [0.29, 0.717) is 18.1 Å². The van der Waals surface area contributed by atoms with E-state index in [2.05, 4.69) is 18.8 Å². The Hall–Kier alpha value is -2.16. The SMILES string of the molecule is Cc1cc(-c2ccc(OCC(C)C)cc2C=O)ccn1. The standard InChI is InChI=1S/C17H19NO2/c1-12(2)11-20-16-4-5-17(15(9-16)10-19)14-6-7-18-13(3)8-14/h4-10,12H,11H2,1-3H3. The van der Waals surface area contributed by atoms with Crippen LogP contribution in [-0.2, 0) is 0 Å². The van der Waals surface area contributed by atoms with Crippen LogP contribution >= 0.6 is 0 Å². The number of rotatable bonds is 5. The van der Waals surface area contributed by atoms with Gasteiger partial charge >= 0.3 is 0 Å². The van der Waals surface area contributed by atoms with Crippen molar-refractivity contribution in [3.8, 4) is 16.9 Å². The van der Waals surface area contributed by atoms with Gasteiger partial charge in [0.25, 0.3) is 0 Å². The van der Waals surface area contributed by atoms with Gasteiger partial charge < -0.3 is 4.74 Å². The Balaban J connectivity index is 2.33. The molecular formula is C17H19NO2. The number of pyridine rings is 1. The second-order valence-electron chi connectivity index (χ2n) is 5.26. The summed E-state index contributed by atoms with van der Waals surface area (Å²) in [7, 11) is 0. The van der Waals surface area contributed by atoms with E-state index in [-0.39, 0.29) is 0 Å². The van der Waals surface area contributed by atoms with Crippen LogP contribution in [0.3, 0.4) is 0 Å². The van der Waals surface area contributed by atoms with Crippen LogP contribution in [0.2, 0.25) is 0 Å². The fourth-order valence-electron chi connectivity index (χ4n) is 1.97. The first-order chi connectivity index (χ1) is 9.60. The molecule has 0 bridgehead atoms. The summed E-state index contributed by atoms with van der Waals surface area (Å²) < 4.78 is 5.65. The summed E-state index contributed by atoms with van der Waals surface area (Å²) in [4.78, 5) is 15.5. The monoisotopic (exact) mass is 269 g/mol. The van der Waals surface area contributed by atoms with E-state index >= 15 is 0 Å². The van der Waals surface area contributed by atoms with Crippen LogP contribution in [0.5, 0.6) is 5.75 Å². The molecule has 0 amide bonds. The minimum Gasteiger partial charge on any atom is -0.493 e. The Morgan fingerprint density at radius 2 is 2.05 bits per heavy atom. The van der Waals surface area contributed by atoms with Gasteiger partial charge in [-0.3, -0.25) is 9.78 Å². The smallest absolute Gasteiger partial charge is 0.150 e. The molecule has 3 heteroatoms. The van der Waals surface area contributed by atoms with Gasteiger partial charge in [0.1, 0.15) is 5.75 Å². The zero-order valence-corrected chi connectivity index (χ0v) is 12.1. The first-order valence-electron chi connectivity index (χ1n) is 6.75. The highest BCUT2D eigenvalue weighted by Crippen LogP contribution is 2.26. The first kappa shape index (κ1) is 14.3. The second kappa shape index (κ2) is 6.33. The van der Waals surface area contributed by atoms with E-state index in [0.717, 1.165) is 28.9 Å². The lowest BCUT2D eigenvalue weighted by atomic mass is 10.0. The van der Waals surface area contributed by atoms with Crippen LogP contribution in [0, 0.1) is 12.8 Å². The van der Waals surface area contributed by atoms with Crippen molar-refractivity contribution in [1.29, 1.82) is 0 Å². The van der Waals surface area contributed by atoms with Crippen molar-refractivity contribution < 1.29 is 9.53 Å². The van der Waals surface area contributed by atoms with Gasteiger partial charge in [-0.1, -0.05) is 13.8 Å². The maximum Gasteiger partial charge on any atom is 0.150 e. The molecule has 0 saturated carbocycles. The van der Waals surface area contributed by atoms with Gasteiger partial charge in [0.15, 0.2) is 6.29 Å². The van der Waals surface area contributed by atoms with Crippen molar-refractivity contribution >= 4 is 6.29 Å². The van der Waals surface area contributed by atoms with Gasteiger partial charge in [-0.15, -0.1) is 0 Å². The first-order valence-corrected chi connectivity index (χ1v) is 6.75. The molecule has 1 heterocycles. The number of carbonyl (C=O) groups is 1. The molecule has 0 aliphatic carbocycles. The highest BCUT2D eigenvalue weighted by molar-refractivity contribution is 5.88. The quantitative estimate of drug-likeness (QED) is 0.773. The highest BCUT2D eigenvalue weighted by atomic mass is 16.5. The molecule has 1 aromatic heterocycles. The molecular weight excluding hydrogens is 250 g/mol. The molecule has 0 atom stereocenters. The third-order valence-electron chi connectivity index (χ3n) is 2.94. The van der Waals surface area contributed by atoms with Crippen molar-refractivity contribution in [2.75, 3.05) is 6.61 Å². The number of nitrogens with zero attached hydrogens (tertiary/aromatic N) is 1. The Kier molecular flexibility index (Phi) is 4.51. The molecule has 0 saturated heterocycles. The molecule has 0 unspecified atom stereocenters. The van der Waals surface area contributed by atoms with Crippen molar-refractivity contribution in [2.45, 2.75) is 20.8 Å². The van der Waals surface area contributed by atoms with Gasteiger partial charge in [-0.05, 0) is 54.3 Å². The molecule has 2 aromatic rings. The molecule has 0 aliphatic rings. The van der Waals surface area contributed by atoms with Gasteiger partial charge in [0.2, 0.25) is 0 Å². The molecule has 3 nitrogen and oxygen atoms in total. The summed E-state index contributed by atoms with van der Waals surface area (Å²) >= 11 is 0. The molecule has 2 rings (SSSR count). The normalized spacial score (nSPS) is 10.6. The number of carbonyl (C=O) groups excluding carboxylic acids is 1. The Morgan fingerprint density at radius 3 is 2.70 bits per heavy atom. The van der Waals surface area contributed by atoms with E-state index in [4.69, 9.17) is 4.74 Å². The number of hydrogen-bond acceptors (Lipinski definition) is 3. The molecule has 0 N–H and O–H groups in total. The van der Waals surface area contributed by atoms with Crippen LogP contribution in [0.4, 0.5) is 0 Å². The Labute approximate surface area is 119 Å². The third kappa shape index (κ3) is 3.44. The molecule has 0 radical (unpaired) electrons. The van der Waals surface area contributed by atoms with Gasteiger partial charge in [-0.25, -0.2) is 0 Å². The van der Waals surface area contributed by atoms with Crippen LogP contribution in [0.15, 0.2) is 36.5 Å². The molecule has 104 valence electrons. The van der Waals surface area contributed by atoms with Gasteiger partial charge in [0.05, 0.1) is 6.61 Å². The van der Waals surface area contributed by atoms with E-state index < -0.39 is 0 Å². The van der Waals surface area contributed by atoms with Gasteiger partial charge in [0, 0.05) is 17.5 Å². The zero-order valence-electron chi connectivity index (χ0n) is 12.1. The maximum atomic E-state index is 11.3. The number of benzene rings is 1. The Bertz CT molecular complexity index is 606. The van der Waals surface area contributed by atoms with Crippen LogP contribution in [0.25, 0.3) is 11.1 Å². The van der Waals surface area contributed by atoms with Crippen LogP contribution < -0.4 is 4.74 Å². The van der Waals surface area contributed by atoms with E-state index in [1.165, 1.54) is 0 Å². The highest BCUT2D eigenvalue weighted by Gasteiger charge is 2.07. The zero-order chi connectivity index (χ0) is 14.5. The van der Waals surface area contributed by atoms with Crippen molar-refractivity contribution in [3.05, 3.63) is 47.8 Å². The second-order valence-corrected chi connectivity index (χ2v) is 5.26. The van der Waals surface area contributed by atoms with E-state index in [9.17, 15) is 4.79 Å². The predicted molar refractivity (Wildman–Crippen MR) is 80.1 cm³/mol. The predicted octanol–water partition coefficient (Wildman–Crippen LogP) is 3.90. The summed E-state index contributed by atoms with van der Waals surface area (Å²) in [5, 5.41) is 0. The lowest BCUT2D eigenvalue weighted by Gasteiger charge is -2.11. The lowest BCUT2D eigenvalue weighted by Crippen LogP contribution is -2.04. The lowest BCUT2D eigenvalue weighted by molar-refractivity contribution is 0.112. The molecule has 0 spiro atoms. The minimum absolute atomic E-state index is 0.456. The average molecular weight is 269 g/mol. The summed E-state index contributed by atoms with van der Waals surface area (Å²) in [6, 6.07) is 9.50. The average Bonchev–Trinajstić information content (AvgIpc) is 2.44. The van der Waals surface area contributed by atoms with E-state index in [1.54, 1.807) is 12.3 Å². The Morgan fingerprint density at radius 1 is 1.25 bits per heavy atom. The molecule has 0 aliphatic heterocycles. The minimum atomic E-state index is 0.456.